The van der Waals surface area contributed by atoms with E-state index in [0.29, 0.717) is 5.56 Å². The highest BCUT2D eigenvalue weighted by atomic mass is 19.4. The van der Waals surface area contributed by atoms with Crippen LogP contribution in [-0.2, 0) is 9.53 Å². The van der Waals surface area contributed by atoms with Crippen LogP contribution in [-0.4, -0.2) is 36.7 Å². The summed E-state index contributed by atoms with van der Waals surface area (Å²) in [4.78, 5) is 12.6. The molecule has 2 atom stereocenters. The number of hydrogen-bond donors (Lipinski definition) is 0. The Balaban J connectivity index is 3.27. The molecule has 0 bridgehead atoms. The number of methoxy groups -OCH3 is 1. The average Bonchev–Trinajstić information content (AvgIpc) is 2.42. The molecule has 0 fully saturated rings. The fraction of sp³-hybridized carbons (Fsp3) is 0.400. The van der Waals surface area contributed by atoms with Crippen molar-refractivity contribution in [1.82, 2.24) is 4.90 Å². The van der Waals surface area contributed by atoms with Crippen molar-refractivity contribution >= 4 is 5.91 Å². The molecule has 0 aliphatic carbocycles. The summed E-state index contributed by atoms with van der Waals surface area (Å²) in [5, 5.41) is 0. The van der Waals surface area contributed by atoms with Crippen LogP contribution in [0.2, 0.25) is 0 Å². The summed E-state index contributed by atoms with van der Waals surface area (Å²) in [6.07, 6.45) is -3.86. The first-order chi connectivity index (χ1) is 9.82. The largest absolute Gasteiger partial charge is 0.412 e. The number of rotatable bonds is 6. The van der Waals surface area contributed by atoms with Gasteiger partial charge in [0.05, 0.1) is 12.6 Å². The number of carbonyl (C=O) groups excluding carboxylic acids is 1. The highest BCUT2D eigenvalue weighted by molar-refractivity contribution is 5.74. The molecule has 116 valence electrons. The molecule has 21 heavy (non-hydrogen) atoms. The van der Waals surface area contributed by atoms with Crippen LogP contribution in [0.15, 0.2) is 43.0 Å². The normalized spacial score (nSPS) is 14.3. The lowest BCUT2D eigenvalue weighted by Crippen LogP contribution is -2.49. The molecule has 0 aliphatic rings. The summed E-state index contributed by atoms with van der Waals surface area (Å²) in [6, 6.07) is 5.58. The van der Waals surface area contributed by atoms with E-state index in [1.54, 1.807) is 30.3 Å². The molecule has 0 saturated carbocycles. The third kappa shape index (κ3) is 4.32. The van der Waals surface area contributed by atoms with Gasteiger partial charge in [-0.05, 0) is 5.56 Å². The van der Waals surface area contributed by atoms with Gasteiger partial charge in [-0.15, -0.1) is 6.58 Å². The summed E-state index contributed by atoms with van der Waals surface area (Å²) in [6.45, 7) is 4.28. The van der Waals surface area contributed by atoms with Crippen molar-refractivity contribution < 1.29 is 22.7 Å². The summed E-state index contributed by atoms with van der Waals surface area (Å²) >= 11 is 0. The van der Waals surface area contributed by atoms with Crippen molar-refractivity contribution in [2.45, 2.75) is 25.2 Å². The monoisotopic (exact) mass is 301 g/mol. The predicted octanol–water partition coefficient (Wildman–Crippen LogP) is 3.34. The van der Waals surface area contributed by atoms with Crippen LogP contribution in [0.1, 0.15) is 18.5 Å². The smallest absolute Gasteiger partial charge is 0.382 e. The summed E-state index contributed by atoms with van der Waals surface area (Å²) < 4.78 is 44.4. The van der Waals surface area contributed by atoms with Crippen molar-refractivity contribution in [3.63, 3.8) is 0 Å². The summed E-state index contributed by atoms with van der Waals surface area (Å²) in [7, 11) is 1.38. The van der Waals surface area contributed by atoms with Crippen molar-refractivity contribution in [3.8, 4) is 0 Å². The molecule has 1 rings (SSSR count). The van der Waals surface area contributed by atoms with Gasteiger partial charge >= 0.3 is 6.18 Å². The predicted molar refractivity (Wildman–Crippen MR) is 73.6 cm³/mol. The number of amides is 1. The molecule has 0 aliphatic heterocycles. The van der Waals surface area contributed by atoms with E-state index < -0.39 is 24.2 Å². The third-order valence-corrected chi connectivity index (χ3v) is 3.07. The minimum absolute atomic E-state index is 0.0377. The van der Waals surface area contributed by atoms with Gasteiger partial charge in [-0.25, -0.2) is 0 Å². The number of hydrogen-bond acceptors (Lipinski definition) is 2. The molecule has 0 radical (unpaired) electrons. The van der Waals surface area contributed by atoms with Crippen LogP contribution < -0.4 is 0 Å². The zero-order valence-corrected chi connectivity index (χ0v) is 11.9. The maximum Gasteiger partial charge on any atom is 0.412 e. The van der Waals surface area contributed by atoms with E-state index in [-0.39, 0.29) is 6.61 Å². The number of halogens is 3. The zero-order valence-electron chi connectivity index (χ0n) is 11.9. The molecular weight excluding hydrogens is 283 g/mol. The van der Waals surface area contributed by atoms with Crippen LogP contribution in [0.3, 0.4) is 0 Å². The molecule has 1 amide bonds. The fourth-order valence-electron chi connectivity index (χ4n) is 2.18. The fourth-order valence-corrected chi connectivity index (χ4v) is 2.18. The number of ether oxygens (including phenoxy) is 1. The number of carbonyl (C=O) groups is 1. The summed E-state index contributed by atoms with van der Waals surface area (Å²) in [5.41, 5.74) is 0.575. The first kappa shape index (κ1) is 17.2. The topological polar surface area (TPSA) is 29.5 Å². The second-order valence-electron chi connectivity index (χ2n) is 4.53. The minimum atomic E-state index is -4.59. The van der Waals surface area contributed by atoms with E-state index in [9.17, 15) is 18.0 Å². The molecular formula is C15H18F3NO2. The van der Waals surface area contributed by atoms with E-state index in [2.05, 4.69) is 6.58 Å². The van der Waals surface area contributed by atoms with E-state index in [0.717, 1.165) is 17.9 Å². The Morgan fingerprint density at radius 1 is 1.38 bits per heavy atom. The molecule has 0 spiro atoms. The highest BCUT2D eigenvalue weighted by Crippen LogP contribution is 2.32. The highest BCUT2D eigenvalue weighted by Gasteiger charge is 2.45. The summed E-state index contributed by atoms with van der Waals surface area (Å²) in [5.74, 6) is -0.692. The van der Waals surface area contributed by atoms with Gasteiger partial charge in [-0.1, -0.05) is 36.4 Å². The molecule has 0 aromatic heterocycles. The lowest BCUT2D eigenvalue weighted by molar-refractivity contribution is -0.185. The van der Waals surface area contributed by atoms with Gasteiger partial charge in [0.2, 0.25) is 5.91 Å². The van der Waals surface area contributed by atoms with Crippen molar-refractivity contribution in [1.29, 1.82) is 0 Å². The van der Waals surface area contributed by atoms with Gasteiger partial charge < -0.3 is 9.64 Å². The molecule has 3 nitrogen and oxygen atoms in total. The second kappa shape index (κ2) is 7.26. The zero-order chi connectivity index (χ0) is 16.0. The molecule has 0 heterocycles. The first-order valence-corrected chi connectivity index (χ1v) is 6.35. The van der Waals surface area contributed by atoms with Crippen LogP contribution in [0.4, 0.5) is 13.2 Å². The van der Waals surface area contributed by atoms with E-state index in [4.69, 9.17) is 4.74 Å². The Morgan fingerprint density at radius 3 is 2.33 bits per heavy atom. The maximum atomic E-state index is 13.1. The van der Waals surface area contributed by atoms with Gasteiger partial charge in [-0.2, -0.15) is 13.2 Å². The molecule has 0 N–H and O–H groups in total. The molecule has 1 aromatic rings. The quantitative estimate of drug-likeness (QED) is 0.754. The lowest BCUT2D eigenvalue weighted by Gasteiger charge is -2.37. The second-order valence-corrected chi connectivity index (χ2v) is 4.53. The minimum Gasteiger partial charge on any atom is -0.382 e. The Labute approximate surface area is 122 Å². The Morgan fingerprint density at radius 2 is 1.95 bits per heavy atom. The van der Waals surface area contributed by atoms with E-state index >= 15 is 0 Å². The number of benzene rings is 1. The molecule has 1 aromatic carbocycles. The Kier molecular flexibility index (Phi) is 5.96. The molecule has 0 saturated heterocycles. The lowest BCUT2D eigenvalue weighted by atomic mass is 10.0. The van der Waals surface area contributed by atoms with Gasteiger partial charge in [-0.3, -0.25) is 4.79 Å². The standard InChI is InChI=1S/C15H18F3NO2/c1-4-14(15(16,17)18)19(11(2)20)13(10-21-3)12-8-6-5-7-9-12/h4-9,13-14H,1,10H2,2-3H3/t13-,14?/m0/s1. The van der Waals surface area contributed by atoms with Gasteiger partial charge in [0.15, 0.2) is 0 Å². The maximum absolute atomic E-state index is 13.1. The van der Waals surface area contributed by atoms with E-state index in [1.807, 2.05) is 0 Å². The molecule has 6 heteroatoms. The van der Waals surface area contributed by atoms with Crippen molar-refractivity contribution in [2.24, 2.45) is 0 Å². The van der Waals surface area contributed by atoms with Gasteiger partial charge in [0, 0.05) is 14.0 Å². The molecule has 1 unspecified atom stereocenters. The van der Waals surface area contributed by atoms with Crippen LogP contribution in [0.25, 0.3) is 0 Å². The average molecular weight is 301 g/mol. The SMILES string of the molecule is C=CC(N(C(C)=O)[C@@H](COC)c1ccccc1)C(F)(F)F. The van der Waals surface area contributed by atoms with E-state index in [1.165, 1.54) is 7.11 Å². The van der Waals surface area contributed by atoms with Crippen LogP contribution >= 0.6 is 0 Å². The van der Waals surface area contributed by atoms with Crippen molar-refractivity contribution in [2.75, 3.05) is 13.7 Å². The number of nitrogens with zero attached hydrogens (tertiary/aromatic N) is 1. The van der Waals surface area contributed by atoms with Crippen molar-refractivity contribution in [3.05, 3.63) is 48.6 Å². The first-order valence-electron chi connectivity index (χ1n) is 6.35. The van der Waals surface area contributed by atoms with Gasteiger partial charge in [0.25, 0.3) is 0 Å². The third-order valence-electron chi connectivity index (χ3n) is 3.07. The van der Waals surface area contributed by atoms with Crippen LogP contribution in [0, 0.1) is 0 Å². The Bertz CT molecular complexity index is 474. The Hall–Kier alpha value is -1.82. The number of alkyl halides is 3. The van der Waals surface area contributed by atoms with Gasteiger partial charge in [0.1, 0.15) is 6.04 Å². The van der Waals surface area contributed by atoms with Crippen LogP contribution in [0.5, 0.6) is 0 Å².